The summed E-state index contributed by atoms with van der Waals surface area (Å²) < 4.78 is 35.6. The van der Waals surface area contributed by atoms with Crippen LogP contribution in [0.2, 0.25) is 0 Å². The first-order chi connectivity index (χ1) is 16.6. The van der Waals surface area contributed by atoms with Gasteiger partial charge in [-0.1, -0.05) is 24.3 Å². The number of anilines is 1. The molecule has 0 amide bonds. The lowest BCUT2D eigenvalue weighted by atomic mass is 10.1. The number of hydrogen-bond donors (Lipinski definition) is 0. The van der Waals surface area contributed by atoms with Gasteiger partial charge in [0, 0.05) is 37.4 Å². The molecule has 0 radical (unpaired) electrons. The molecular formula is C24H24F2N6O2. The van der Waals surface area contributed by atoms with E-state index in [0.29, 0.717) is 50.3 Å². The Hall–Kier alpha value is -3.58. The van der Waals surface area contributed by atoms with Crippen LogP contribution in [0.4, 0.5) is 14.5 Å². The summed E-state index contributed by atoms with van der Waals surface area (Å²) in [6, 6.07) is 8.57. The molecule has 1 fully saturated rings. The molecule has 8 nitrogen and oxygen atoms in total. The smallest absolute Gasteiger partial charge is 0.289 e. The van der Waals surface area contributed by atoms with Crippen LogP contribution in [-0.2, 0) is 24.2 Å². The van der Waals surface area contributed by atoms with Crippen molar-refractivity contribution in [2.24, 2.45) is 0 Å². The van der Waals surface area contributed by atoms with Crippen molar-refractivity contribution < 1.29 is 13.5 Å². The number of benzene rings is 1. The topological polar surface area (TPSA) is 89.0 Å². The lowest BCUT2D eigenvalue weighted by Crippen LogP contribution is -2.37. The molecule has 34 heavy (non-hydrogen) atoms. The maximum absolute atomic E-state index is 13.4. The molecule has 1 unspecified atom stereocenters. The first-order valence-electron chi connectivity index (χ1n) is 11.3. The minimum absolute atomic E-state index is 0.0228. The van der Waals surface area contributed by atoms with Gasteiger partial charge in [-0.25, -0.2) is 13.8 Å². The summed E-state index contributed by atoms with van der Waals surface area (Å²) in [5.41, 5.74) is 2.41. The molecule has 0 bridgehead atoms. The third kappa shape index (κ3) is 4.07. The van der Waals surface area contributed by atoms with Crippen LogP contribution in [0.15, 0.2) is 41.6 Å². The van der Waals surface area contributed by atoms with Gasteiger partial charge in [0.1, 0.15) is 11.6 Å². The van der Waals surface area contributed by atoms with E-state index in [1.807, 2.05) is 9.47 Å². The van der Waals surface area contributed by atoms with E-state index in [1.54, 1.807) is 30.7 Å². The number of halogens is 2. The van der Waals surface area contributed by atoms with Gasteiger partial charge >= 0.3 is 0 Å². The standard InChI is InChI=1S/C24H24F2N6O2/c25-23(26)17-6-2-1-5-16(17)13-31-15-28-19-14-30(9-8-20(19)31)21-12-29-32(24(33)18(21)11-27)22-7-3-4-10-34-22/h1-2,5-6,12,15,22-23H,3-4,7-10,13-14H2. The Balaban J connectivity index is 1.39. The summed E-state index contributed by atoms with van der Waals surface area (Å²) in [5.74, 6) is 0. The highest BCUT2D eigenvalue weighted by Gasteiger charge is 2.27. The van der Waals surface area contributed by atoms with E-state index >= 15 is 0 Å². The van der Waals surface area contributed by atoms with Crippen molar-refractivity contribution >= 4 is 5.69 Å². The Morgan fingerprint density at radius 1 is 1.26 bits per heavy atom. The molecule has 0 spiro atoms. The van der Waals surface area contributed by atoms with Crippen LogP contribution in [0.3, 0.4) is 0 Å². The molecule has 2 aromatic heterocycles. The van der Waals surface area contributed by atoms with Crippen LogP contribution in [0.5, 0.6) is 0 Å². The molecule has 2 aliphatic heterocycles. The normalized spacial score (nSPS) is 18.1. The van der Waals surface area contributed by atoms with E-state index in [0.717, 1.165) is 24.2 Å². The molecule has 1 atom stereocenters. The summed E-state index contributed by atoms with van der Waals surface area (Å²) in [5, 5.41) is 14.1. The quantitative estimate of drug-likeness (QED) is 0.571. The summed E-state index contributed by atoms with van der Waals surface area (Å²) >= 11 is 0. The average Bonchev–Trinajstić information content (AvgIpc) is 3.26. The Labute approximate surface area is 195 Å². The SMILES string of the molecule is N#Cc1c(N2CCc3c(ncn3Cc3ccccc3C(F)F)C2)cnn(C2CCCCO2)c1=O. The molecule has 0 aliphatic carbocycles. The van der Waals surface area contributed by atoms with E-state index in [2.05, 4.69) is 16.2 Å². The molecule has 2 aliphatic rings. The number of imidazole rings is 1. The highest BCUT2D eigenvalue weighted by molar-refractivity contribution is 5.57. The summed E-state index contributed by atoms with van der Waals surface area (Å²) in [6.45, 7) is 1.83. The third-order valence-corrected chi connectivity index (χ3v) is 6.49. The fourth-order valence-electron chi connectivity index (χ4n) is 4.71. The van der Waals surface area contributed by atoms with E-state index in [-0.39, 0.29) is 11.1 Å². The number of ether oxygens (including phenoxy) is 1. The lowest BCUT2D eigenvalue weighted by Gasteiger charge is -2.30. The van der Waals surface area contributed by atoms with Crippen LogP contribution in [0.1, 0.15) is 60.0 Å². The first-order valence-corrected chi connectivity index (χ1v) is 11.3. The summed E-state index contributed by atoms with van der Waals surface area (Å²) in [4.78, 5) is 19.4. The number of fused-ring (bicyclic) bond motifs is 1. The van der Waals surface area contributed by atoms with Gasteiger partial charge in [-0.2, -0.15) is 15.0 Å². The molecule has 4 heterocycles. The predicted octanol–water partition coefficient (Wildman–Crippen LogP) is 3.56. The van der Waals surface area contributed by atoms with E-state index in [9.17, 15) is 18.8 Å². The number of alkyl halides is 2. The van der Waals surface area contributed by atoms with Crippen LogP contribution in [-0.4, -0.2) is 32.5 Å². The minimum Gasteiger partial charge on any atom is -0.363 e. The van der Waals surface area contributed by atoms with Crippen LogP contribution in [0.25, 0.3) is 0 Å². The number of hydrogen-bond acceptors (Lipinski definition) is 6. The largest absolute Gasteiger partial charge is 0.363 e. The summed E-state index contributed by atoms with van der Waals surface area (Å²) in [6.07, 6.45) is 3.43. The Morgan fingerprint density at radius 3 is 2.88 bits per heavy atom. The second-order valence-corrected chi connectivity index (χ2v) is 8.52. The lowest BCUT2D eigenvalue weighted by molar-refractivity contribution is -0.0425. The van der Waals surface area contributed by atoms with Gasteiger partial charge in [0.2, 0.25) is 0 Å². The Bertz CT molecular complexity index is 1290. The number of rotatable bonds is 5. The minimum atomic E-state index is -2.54. The fraction of sp³-hybridized carbons (Fsp3) is 0.417. The summed E-state index contributed by atoms with van der Waals surface area (Å²) in [7, 11) is 0. The zero-order chi connectivity index (χ0) is 23.7. The maximum Gasteiger partial charge on any atom is 0.289 e. The average molecular weight is 466 g/mol. The Kier molecular flexibility index (Phi) is 6.11. The molecule has 1 saturated heterocycles. The van der Waals surface area contributed by atoms with Crippen molar-refractivity contribution in [3.8, 4) is 6.07 Å². The predicted molar refractivity (Wildman–Crippen MR) is 120 cm³/mol. The molecule has 176 valence electrons. The number of aromatic nitrogens is 4. The second-order valence-electron chi connectivity index (χ2n) is 8.52. The highest BCUT2D eigenvalue weighted by Crippen LogP contribution is 2.28. The van der Waals surface area contributed by atoms with E-state index < -0.39 is 18.2 Å². The molecular weight excluding hydrogens is 442 g/mol. The first kappa shape index (κ1) is 22.2. The van der Waals surface area contributed by atoms with Crippen LogP contribution >= 0.6 is 0 Å². The number of nitrogens with zero attached hydrogens (tertiary/aromatic N) is 6. The van der Waals surface area contributed by atoms with E-state index in [1.165, 1.54) is 10.7 Å². The van der Waals surface area contributed by atoms with Gasteiger partial charge in [0.25, 0.3) is 12.0 Å². The highest BCUT2D eigenvalue weighted by atomic mass is 19.3. The molecule has 5 rings (SSSR count). The van der Waals surface area contributed by atoms with Gasteiger partial charge in [0.15, 0.2) is 6.23 Å². The zero-order valence-electron chi connectivity index (χ0n) is 18.5. The van der Waals surface area contributed by atoms with Crippen molar-refractivity contribution in [2.75, 3.05) is 18.1 Å². The van der Waals surface area contributed by atoms with Gasteiger partial charge in [0.05, 0.1) is 30.5 Å². The maximum atomic E-state index is 13.4. The molecule has 0 N–H and O–H groups in total. The van der Waals surface area contributed by atoms with Gasteiger partial charge in [-0.05, 0) is 24.8 Å². The molecule has 1 aromatic carbocycles. The van der Waals surface area contributed by atoms with Gasteiger partial charge < -0.3 is 14.2 Å². The number of nitriles is 1. The van der Waals surface area contributed by atoms with Crippen LogP contribution in [0, 0.1) is 11.3 Å². The van der Waals surface area contributed by atoms with Crippen molar-refractivity contribution in [3.05, 3.63) is 75.2 Å². The van der Waals surface area contributed by atoms with Gasteiger partial charge in [-0.3, -0.25) is 4.79 Å². The monoisotopic (exact) mass is 466 g/mol. The zero-order valence-corrected chi connectivity index (χ0v) is 18.5. The van der Waals surface area contributed by atoms with Crippen molar-refractivity contribution in [2.45, 2.75) is 51.4 Å². The molecule has 0 saturated carbocycles. The molecule has 10 heteroatoms. The third-order valence-electron chi connectivity index (χ3n) is 6.49. The van der Waals surface area contributed by atoms with Gasteiger partial charge in [-0.15, -0.1) is 0 Å². The Morgan fingerprint density at radius 2 is 2.12 bits per heavy atom. The van der Waals surface area contributed by atoms with Crippen molar-refractivity contribution in [1.29, 1.82) is 5.26 Å². The molecule has 3 aromatic rings. The van der Waals surface area contributed by atoms with E-state index in [4.69, 9.17) is 4.74 Å². The van der Waals surface area contributed by atoms with Crippen LogP contribution < -0.4 is 10.5 Å². The second kappa shape index (κ2) is 9.35. The van der Waals surface area contributed by atoms with Crippen molar-refractivity contribution in [3.63, 3.8) is 0 Å². The fourth-order valence-corrected chi connectivity index (χ4v) is 4.71. The van der Waals surface area contributed by atoms with Crippen molar-refractivity contribution in [1.82, 2.24) is 19.3 Å².